The van der Waals surface area contributed by atoms with E-state index in [0.29, 0.717) is 0 Å². The van der Waals surface area contributed by atoms with Crippen LogP contribution < -0.4 is 5.32 Å². The first-order valence-electron chi connectivity index (χ1n) is 6.05. The molecule has 0 spiro atoms. The molecule has 2 atom stereocenters. The molecule has 0 bridgehead atoms. The minimum absolute atomic E-state index is 0.829. The van der Waals surface area contributed by atoms with E-state index in [2.05, 4.69) is 26.1 Å². The van der Waals surface area contributed by atoms with Gasteiger partial charge in [0.05, 0.1) is 0 Å². The van der Waals surface area contributed by atoms with E-state index in [9.17, 15) is 0 Å². The molecule has 0 saturated heterocycles. The van der Waals surface area contributed by atoms with Gasteiger partial charge in [-0.2, -0.15) is 0 Å². The van der Waals surface area contributed by atoms with Gasteiger partial charge < -0.3 is 5.32 Å². The highest BCUT2D eigenvalue weighted by molar-refractivity contribution is 4.83. The molecule has 0 heterocycles. The Kier molecular flexibility index (Phi) is 4.79. The average molecular weight is 183 g/mol. The normalized spacial score (nSPS) is 28.6. The van der Waals surface area contributed by atoms with Gasteiger partial charge in [0.1, 0.15) is 0 Å². The molecular weight excluding hydrogens is 158 g/mol. The van der Waals surface area contributed by atoms with Crippen LogP contribution in [0, 0.1) is 11.8 Å². The number of hydrogen-bond donors (Lipinski definition) is 1. The summed E-state index contributed by atoms with van der Waals surface area (Å²) in [6.07, 6.45) is 7.05. The highest BCUT2D eigenvalue weighted by Gasteiger charge is 2.28. The van der Waals surface area contributed by atoms with Crippen molar-refractivity contribution in [3.8, 4) is 0 Å². The SMILES string of the molecule is CCNC1CCC(C(CC)CC)C1. The minimum Gasteiger partial charge on any atom is -0.314 e. The van der Waals surface area contributed by atoms with Gasteiger partial charge in [0.15, 0.2) is 0 Å². The van der Waals surface area contributed by atoms with Gasteiger partial charge in [-0.15, -0.1) is 0 Å². The Morgan fingerprint density at radius 3 is 2.38 bits per heavy atom. The van der Waals surface area contributed by atoms with E-state index < -0.39 is 0 Å². The maximum Gasteiger partial charge on any atom is 0.00697 e. The summed E-state index contributed by atoms with van der Waals surface area (Å²) in [4.78, 5) is 0. The second kappa shape index (κ2) is 5.64. The summed E-state index contributed by atoms with van der Waals surface area (Å²) in [6.45, 7) is 8.04. The molecule has 0 aliphatic heterocycles. The molecule has 1 heteroatoms. The first kappa shape index (κ1) is 11.0. The molecule has 0 amide bonds. The summed E-state index contributed by atoms with van der Waals surface area (Å²) < 4.78 is 0. The lowest BCUT2D eigenvalue weighted by Crippen LogP contribution is -2.26. The topological polar surface area (TPSA) is 12.0 Å². The zero-order valence-electron chi connectivity index (χ0n) is 9.47. The van der Waals surface area contributed by atoms with Gasteiger partial charge in [-0.1, -0.05) is 33.6 Å². The van der Waals surface area contributed by atoms with Crippen LogP contribution in [0.2, 0.25) is 0 Å². The quantitative estimate of drug-likeness (QED) is 0.690. The highest BCUT2D eigenvalue weighted by atomic mass is 14.9. The van der Waals surface area contributed by atoms with E-state index in [1.165, 1.54) is 32.1 Å². The van der Waals surface area contributed by atoms with Gasteiger partial charge in [-0.25, -0.2) is 0 Å². The van der Waals surface area contributed by atoms with E-state index in [1.807, 2.05) is 0 Å². The molecular formula is C12H25N. The predicted octanol–water partition coefficient (Wildman–Crippen LogP) is 3.20. The van der Waals surface area contributed by atoms with Crippen LogP contribution in [-0.2, 0) is 0 Å². The van der Waals surface area contributed by atoms with Gasteiger partial charge in [0.25, 0.3) is 0 Å². The molecule has 0 aromatic heterocycles. The number of hydrogen-bond acceptors (Lipinski definition) is 1. The smallest absolute Gasteiger partial charge is 0.00697 e. The molecule has 1 aliphatic carbocycles. The lowest BCUT2D eigenvalue weighted by molar-refractivity contribution is 0.312. The summed E-state index contributed by atoms with van der Waals surface area (Å²) in [7, 11) is 0. The third-order valence-corrected chi connectivity index (χ3v) is 3.68. The summed E-state index contributed by atoms with van der Waals surface area (Å²) in [5.74, 6) is 2.00. The van der Waals surface area contributed by atoms with Crippen LogP contribution in [0.15, 0.2) is 0 Å². The summed E-state index contributed by atoms with van der Waals surface area (Å²) >= 11 is 0. The van der Waals surface area contributed by atoms with E-state index in [4.69, 9.17) is 0 Å². The molecule has 1 N–H and O–H groups in total. The molecule has 1 fully saturated rings. The largest absolute Gasteiger partial charge is 0.314 e. The fourth-order valence-corrected chi connectivity index (χ4v) is 2.87. The molecule has 1 saturated carbocycles. The number of rotatable bonds is 5. The molecule has 0 radical (unpaired) electrons. The maximum atomic E-state index is 3.58. The molecule has 78 valence electrons. The van der Waals surface area contributed by atoms with E-state index >= 15 is 0 Å². The third-order valence-electron chi connectivity index (χ3n) is 3.68. The Morgan fingerprint density at radius 2 is 1.85 bits per heavy atom. The van der Waals surface area contributed by atoms with E-state index in [-0.39, 0.29) is 0 Å². The maximum absolute atomic E-state index is 3.58. The summed E-state index contributed by atoms with van der Waals surface area (Å²) in [5, 5.41) is 3.58. The molecule has 2 unspecified atom stereocenters. The number of nitrogens with one attached hydrogen (secondary N) is 1. The molecule has 0 aromatic rings. The summed E-state index contributed by atoms with van der Waals surface area (Å²) in [5.41, 5.74) is 0. The lowest BCUT2D eigenvalue weighted by atomic mass is 9.86. The first-order valence-corrected chi connectivity index (χ1v) is 6.05. The summed E-state index contributed by atoms with van der Waals surface area (Å²) in [6, 6.07) is 0.829. The van der Waals surface area contributed by atoms with Crippen LogP contribution in [0.1, 0.15) is 52.9 Å². The van der Waals surface area contributed by atoms with Crippen LogP contribution in [0.5, 0.6) is 0 Å². The second-order valence-corrected chi connectivity index (χ2v) is 4.40. The van der Waals surface area contributed by atoms with E-state index in [0.717, 1.165) is 24.4 Å². The fraction of sp³-hybridized carbons (Fsp3) is 1.00. The Bertz CT molecular complexity index is 129. The van der Waals surface area contributed by atoms with Crippen LogP contribution >= 0.6 is 0 Å². The van der Waals surface area contributed by atoms with Crippen molar-refractivity contribution in [2.24, 2.45) is 11.8 Å². The Labute approximate surface area is 83.3 Å². The standard InChI is InChI=1S/C12H25N/c1-4-10(5-2)11-7-8-12(9-11)13-6-3/h10-13H,4-9H2,1-3H3. The second-order valence-electron chi connectivity index (χ2n) is 4.40. The zero-order chi connectivity index (χ0) is 9.68. The van der Waals surface area contributed by atoms with Crippen molar-refractivity contribution in [2.75, 3.05) is 6.54 Å². The lowest BCUT2D eigenvalue weighted by Gasteiger charge is -2.20. The van der Waals surface area contributed by atoms with Crippen molar-refractivity contribution in [3.63, 3.8) is 0 Å². The van der Waals surface area contributed by atoms with Gasteiger partial charge in [0.2, 0.25) is 0 Å². The molecule has 1 nitrogen and oxygen atoms in total. The third kappa shape index (κ3) is 2.98. The van der Waals surface area contributed by atoms with Crippen molar-refractivity contribution < 1.29 is 0 Å². The van der Waals surface area contributed by atoms with Crippen molar-refractivity contribution >= 4 is 0 Å². The monoisotopic (exact) mass is 183 g/mol. The van der Waals surface area contributed by atoms with Crippen LogP contribution in [-0.4, -0.2) is 12.6 Å². The molecule has 0 aromatic carbocycles. The minimum atomic E-state index is 0.829. The van der Waals surface area contributed by atoms with E-state index in [1.54, 1.807) is 0 Å². The van der Waals surface area contributed by atoms with Crippen molar-refractivity contribution in [3.05, 3.63) is 0 Å². The Hall–Kier alpha value is -0.0400. The van der Waals surface area contributed by atoms with Crippen molar-refractivity contribution in [2.45, 2.75) is 58.9 Å². The van der Waals surface area contributed by atoms with Gasteiger partial charge in [-0.05, 0) is 37.6 Å². The van der Waals surface area contributed by atoms with Crippen LogP contribution in [0.3, 0.4) is 0 Å². The van der Waals surface area contributed by atoms with Crippen molar-refractivity contribution in [1.82, 2.24) is 5.32 Å². The Morgan fingerprint density at radius 1 is 1.15 bits per heavy atom. The van der Waals surface area contributed by atoms with Gasteiger partial charge >= 0.3 is 0 Å². The molecule has 1 rings (SSSR count). The fourth-order valence-electron chi connectivity index (χ4n) is 2.87. The van der Waals surface area contributed by atoms with Crippen LogP contribution in [0.25, 0.3) is 0 Å². The van der Waals surface area contributed by atoms with Gasteiger partial charge in [-0.3, -0.25) is 0 Å². The zero-order valence-corrected chi connectivity index (χ0v) is 9.47. The molecule has 13 heavy (non-hydrogen) atoms. The predicted molar refractivity (Wildman–Crippen MR) is 58.9 cm³/mol. The Balaban J connectivity index is 2.30. The van der Waals surface area contributed by atoms with Gasteiger partial charge in [0, 0.05) is 6.04 Å². The van der Waals surface area contributed by atoms with Crippen molar-refractivity contribution in [1.29, 1.82) is 0 Å². The highest BCUT2D eigenvalue weighted by Crippen LogP contribution is 2.34. The first-order chi connectivity index (χ1) is 6.31. The molecule has 1 aliphatic rings. The average Bonchev–Trinajstić information content (AvgIpc) is 2.56. The van der Waals surface area contributed by atoms with Crippen LogP contribution in [0.4, 0.5) is 0 Å².